The van der Waals surface area contributed by atoms with Crippen LogP contribution in [-0.4, -0.2) is 57.5 Å². The third-order valence-corrected chi connectivity index (χ3v) is 6.40. The number of benzene rings is 2. The van der Waals surface area contributed by atoms with E-state index in [1.807, 2.05) is 35.0 Å². The standard InChI is InChI=1S/C27H34N6O3/c1-4-8-25(26-29-30-31-33(26)15-16-35-2)32(14-13-20-9-6-5-7-10-20)19-22-17-21-11-12-23(36-3)18-24(21)28-27(22)34/h5-7,9-12,17-18,25H,4,8,13-16,19H2,1-3H3,(H,28,34)/t25-/m0/s1. The predicted octanol–water partition coefficient (Wildman–Crippen LogP) is 3.76. The van der Waals surface area contributed by atoms with Crippen LogP contribution in [0.2, 0.25) is 0 Å². The van der Waals surface area contributed by atoms with Crippen molar-refractivity contribution in [3.05, 3.63) is 81.9 Å². The summed E-state index contributed by atoms with van der Waals surface area (Å²) in [6.07, 6.45) is 2.67. The SMILES string of the molecule is CCC[C@@H](c1nnnn1CCOC)N(CCc1ccccc1)Cc1cc2ccc(OC)cc2[nH]c1=O. The molecule has 4 rings (SSSR count). The first-order valence-electron chi connectivity index (χ1n) is 12.4. The van der Waals surface area contributed by atoms with Crippen molar-refractivity contribution < 1.29 is 9.47 Å². The summed E-state index contributed by atoms with van der Waals surface area (Å²) in [4.78, 5) is 18.5. The number of ether oxygens (including phenoxy) is 2. The van der Waals surface area contributed by atoms with Gasteiger partial charge in [0.15, 0.2) is 5.82 Å². The van der Waals surface area contributed by atoms with Gasteiger partial charge in [0, 0.05) is 31.8 Å². The average Bonchev–Trinajstić information content (AvgIpc) is 3.37. The van der Waals surface area contributed by atoms with E-state index in [0.29, 0.717) is 31.0 Å². The fourth-order valence-electron chi connectivity index (χ4n) is 4.49. The third kappa shape index (κ3) is 6.16. The number of tetrazole rings is 1. The van der Waals surface area contributed by atoms with Gasteiger partial charge in [-0.05, 0) is 52.4 Å². The number of H-pyrrole nitrogens is 1. The molecule has 9 nitrogen and oxygen atoms in total. The smallest absolute Gasteiger partial charge is 0.252 e. The molecule has 0 radical (unpaired) electrons. The molecule has 0 unspecified atom stereocenters. The summed E-state index contributed by atoms with van der Waals surface area (Å²) in [7, 11) is 3.29. The Balaban J connectivity index is 1.68. The molecule has 4 aromatic rings. The van der Waals surface area contributed by atoms with Crippen LogP contribution in [0.15, 0.2) is 59.4 Å². The molecule has 0 aliphatic rings. The number of aromatic nitrogens is 5. The predicted molar refractivity (Wildman–Crippen MR) is 139 cm³/mol. The zero-order valence-electron chi connectivity index (χ0n) is 21.2. The van der Waals surface area contributed by atoms with Crippen molar-refractivity contribution in [1.29, 1.82) is 0 Å². The monoisotopic (exact) mass is 490 g/mol. The highest BCUT2D eigenvalue weighted by Crippen LogP contribution is 2.27. The van der Waals surface area contributed by atoms with E-state index >= 15 is 0 Å². The highest BCUT2D eigenvalue weighted by Gasteiger charge is 2.26. The number of rotatable bonds is 13. The molecule has 0 amide bonds. The van der Waals surface area contributed by atoms with Crippen LogP contribution in [0.5, 0.6) is 5.75 Å². The first-order chi connectivity index (χ1) is 17.6. The number of nitrogens with zero attached hydrogens (tertiary/aromatic N) is 5. The quantitative estimate of drug-likeness (QED) is 0.305. The molecule has 0 saturated heterocycles. The van der Waals surface area contributed by atoms with E-state index in [0.717, 1.165) is 42.5 Å². The number of hydrogen-bond donors (Lipinski definition) is 1. The Kier molecular flexibility index (Phi) is 8.80. The van der Waals surface area contributed by atoms with Crippen molar-refractivity contribution in [1.82, 2.24) is 30.1 Å². The van der Waals surface area contributed by atoms with Crippen molar-refractivity contribution in [3.63, 3.8) is 0 Å². The Bertz CT molecular complexity index is 1300. The van der Waals surface area contributed by atoms with Crippen molar-refractivity contribution in [3.8, 4) is 5.75 Å². The zero-order valence-corrected chi connectivity index (χ0v) is 21.2. The van der Waals surface area contributed by atoms with Gasteiger partial charge in [0.1, 0.15) is 5.75 Å². The Hall–Kier alpha value is -3.56. The molecule has 0 saturated carbocycles. The van der Waals surface area contributed by atoms with Crippen LogP contribution in [-0.2, 0) is 24.2 Å². The maximum absolute atomic E-state index is 13.1. The fraction of sp³-hybridized carbons (Fsp3) is 0.407. The molecule has 2 aromatic carbocycles. The molecule has 1 atom stereocenters. The van der Waals surface area contributed by atoms with Crippen LogP contribution < -0.4 is 10.3 Å². The van der Waals surface area contributed by atoms with Gasteiger partial charge in [-0.25, -0.2) is 4.68 Å². The van der Waals surface area contributed by atoms with Crippen LogP contribution in [0, 0.1) is 0 Å². The molecule has 0 aliphatic heterocycles. The van der Waals surface area contributed by atoms with E-state index in [4.69, 9.17) is 9.47 Å². The molecule has 2 heterocycles. The second kappa shape index (κ2) is 12.4. The van der Waals surface area contributed by atoms with Crippen LogP contribution in [0.4, 0.5) is 0 Å². The van der Waals surface area contributed by atoms with Gasteiger partial charge in [0.25, 0.3) is 5.56 Å². The first-order valence-corrected chi connectivity index (χ1v) is 12.4. The molecule has 2 aromatic heterocycles. The minimum Gasteiger partial charge on any atom is -0.497 e. The summed E-state index contributed by atoms with van der Waals surface area (Å²) in [5.74, 6) is 1.50. The molecule has 0 spiro atoms. The fourth-order valence-corrected chi connectivity index (χ4v) is 4.49. The topological polar surface area (TPSA) is 98.2 Å². The highest BCUT2D eigenvalue weighted by molar-refractivity contribution is 5.80. The summed E-state index contributed by atoms with van der Waals surface area (Å²) in [5.41, 5.74) is 2.61. The van der Waals surface area contributed by atoms with Crippen LogP contribution in [0.1, 0.15) is 42.8 Å². The van der Waals surface area contributed by atoms with Gasteiger partial charge in [-0.3, -0.25) is 9.69 Å². The summed E-state index contributed by atoms with van der Waals surface area (Å²) in [5, 5.41) is 13.5. The van der Waals surface area contributed by atoms with Gasteiger partial charge in [0.05, 0.1) is 31.8 Å². The van der Waals surface area contributed by atoms with Crippen LogP contribution >= 0.6 is 0 Å². The van der Waals surface area contributed by atoms with Gasteiger partial charge in [-0.1, -0.05) is 43.7 Å². The lowest BCUT2D eigenvalue weighted by Gasteiger charge is -2.31. The van der Waals surface area contributed by atoms with Crippen molar-refractivity contribution in [2.75, 3.05) is 27.4 Å². The average molecular weight is 491 g/mol. The van der Waals surface area contributed by atoms with Crippen LogP contribution in [0.3, 0.4) is 0 Å². The molecular formula is C27H34N6O3. The minimum atomic E-state index is -0.102. The summed E-state index contributed by atoms with van der Waals surface area (Å²) >= 11 is 0. The number of hydrogen-bond acceptors (Lipinski definition) is 7. The molecule has 9 heteroatoms. The maximum Gasteiger partial charge on any atom is 0.252 e. The molecular weight excluding hydrogens is 456 g/mol. The van der Waals surface area contributed by atoms with Gasteiger partial charge in [-0.2, -0.15) is 0 Å². The third-order valence-electron chi connectivity index (χ3n) is 6.40. The lowest BCUT2D eigenvalue weighted by molar-refractivity contribution is 0.154. The number of nitrogens with one attached hydrogen (secondary N) is 1. The number of aromatic amines is 1. The molecule has 0 aliphatic carbocycles. The largest absolute Gasteiger partial charge is 0.497 e. The Morgan fingerprint density at radius 3 is 2.69 bits per heavy atom. The summed E-state index contributed by atoms with van der Waals surface area (Å²) < 4.78 is 12.4. The van der Waals surface area contributed by atoms with Gasteiger partial charge < -0.3 is 14.5 Å². The van der Waals surface area contributed by atoms with E-state index in [1.54, 1.807) is 14.2 Å². The highest BCUT2D eigenvalue weighted by atomic mass is 16.5. The Morgan fingerprint density at radius 2 is 1.94 bits per heavy atom. The van der Waals surface area contributed by atoms with E-state index in [-0.39, 0.29) is 11.6 Å². The number of pyridine rings is 1. The second-order valence-corrected chi connectivity index (χ2v) is 8.84. The van der Waals surface area contributed by atoms with E-state index < -0.39 is 0 Å². The molecule has 0 bridgehead atoms. The minimum absolute atomic E-state index is 0.0449. The van der Waals surface area contributed by atoms with Crippen LogP contribution in [0.25, 0.3) is 10.9 Å². The normalized spacial score (nSPS) is 12.3. The summed E-state index contributed by atoms with van der Waals surface area (Å²) in [6, 6.07) is 18.0. The second-order valence-electron chi connectivity index (χ2n) is 8.84. The zero-order chi connectivity index (χ0) is 25.3. The van der Waals surface area contributed by atoms with Crippen molar-refractivity contribution >= 4 is 10.9 Å². The van der Waals surface area contributed by atoms with E-state index in [1.165, 1.54) is 5.56 Å². The van der Waals surface area contributed by atoms with E-state index in [9.17, 15) is 4.79 Å². The molecule has 1 N–H and O–H groups in total. The van der Waals surface area contributed by atoms with Gasteiger partial charge >= 0.3 is 0 Å². The van der Waals surface area contributed by atoms with Gasteiger partial charge in [0.2, 0.25) is 0 Å². The van der Waals surface area contributed by atoms with E-state index in [2.05, 4.69) is 56.6 Å². The molecule has 190 valence electrons. The lowest BCUT2D eigenvalue weighted by Crippen LogP contribution is -2.34. The van der Waals surface area contributed by atoms with Crippen molar-refractivity contribution in [2.24, 2.45) is 0 Å². The van der Waals surface area contributed by atoms with Gasteiger partial charge in [-0.15, -0.1) is 5.10 Å². The van der Waals surface area contributed by atoms with Crippen molar-refractivity contribution in [2.45, 2.75) is 45.3 Å². The number of methoxy groups -OCH3 is 2. The molecule has 36 heavy (non-hydrogen) atoms. The molecule has 0 fully saturated rings. The first kappa shape index (κ1) is 25.5. The number of fused-ring (bicyclic) bond motifs is 1. The Labute approximate surface area is 211 Å². The maximum atomic E-state index is 13.1. The summed E-state index contributed by atoms with van der Waals surface area (Å²) in [6.45, 7) is 4.48. The lowest BCUT2D eigenvalue weighted by atomic mass is 10.1. The Morgan fingerprint density at radius 1 is 1.11 bits per heavy atom.